The van der Waals surface area contributed by atoms with Gasteiger partial charge in [0.1, 0.15) is 0 Å². The molecular formula is C11H21N3O. The second kappa shape index (κ2) is 7.24. The first-order chi connectivity index (χ1) is 7.06. The SMILES string of the molecule is CCN(CC)C(=O)CN(C)C(C)CC#N. The normalized spacial score (nSPS) is 12.3. The molecule has 0 aliphatic rings. The smallest absolute Gasteiger partial charge is 0.236 e. The quantitative estimate of drug-likeness (QED) is 0.660. The standard InChI is InChI=1S/C11H21N3O/c1-5-14(6-2)11(15)9-13(4)10(3)7-8-12/h10H,5-7,9H2,1-4H3. The van der Waals surface area contributed by atoms with Crippen molar-refractivity contribution in [2.45, 2.75) is 33.2 Å². The predicted molar refractivity (Wildman–Crippen MR) is 60.3 cm³/mol. The summed E-state index contributed by atoms with van der Waals surface area (Å²) in [7, 11) is 1.88. The van der Waals surface area contributed by atoms with Gasteiger partial charge in [-0.05, 0) is 27.8 Å². The zero-order valence-corrected chi connectivity index (χ0v) is 10.2. The summed E-state index contributed by atoms with van der Waals surface area (Å²) in [6, 6.07) is 2.25. The number of likely N-dealkylation sites (N-methyl/N-ethyl adjacent to an activating group) is 2. The van der Waals surface area contributed by atoms with Crippen molar-refractivity contribution in [3.8, 4) is 6.07 Å². The van der Waals surface area contributed by atoms with E-state index in [1.54, 1.807) is 4.90 Å². The number of nitriles is 1. The van der Waals surface area contributed by atoms with Crippen LogP contribution in [0.2, 0.25) is 0 Å². The summed E-state index contributed by atoms with van der Waals surface area (Å²) in [5.41, 5.74) is 0. The fourth-order valence-electron chi connectivity index (χ4n) is 1.33. The Kier molecular flexibility index (Phi) is 6.72. The molecule has 4 nitrogen and oxygen atoms in total. The Labute approximate surface area is 92.5 Å². The van der Waals surface area contributed by atoms with Gasteiger partial charge in [0, 0.05) is 19.1 Å². The first-order valence-corrected chi connectivity index (χ1v) is 5.41. The Morgan fingerprint density at radius 2 is 1.93 bits per heavy atom. The molecule has 0 bridgehead atoms. The number of carbonyl (C=O) groups excluding carboxylic acids is 1. The van der Waals surface area contributed by atoms with E-state index in [1.807, 2.05) is 32.7 Å². The first-order valence-electron chi connectivity index (χ1n) is 5.41. The van der Waals surface area contributed by atoms with E-state index in [-0.39, 0.29) is 11.9 Å². The minimum Gasteiger partial charge on any atom is -0.342 e. The van der Waals surface area contributed by atoms with Crippen molar-refractivity contribution < 1.29 is 4.79 Å². The molecule has 86 valence electrons. The number of amides is 1. The number of nitrogens with zero attached hydrogens (tertiary/aromatic N) is 3. The van der Waals surface area contributed by atoms with Gasteiger partial charge in [0.05, 0.1) is 19.0 Å². The monoisotopic (exact) mass is 211 g/mol. The average Bonchev–Trinajstić information content (AvgIpc) is 2.19. The van der Waals surface area contributed by atoms with Gasteiger partial charge >= 0.3 is 0 Å². The Balaban J connectivity index is 4.11. The van der Waals surface area contributed by atoms with Crippen LogP contribution in [0.25, 0.3) is 0 Å². The molecule has 0 aliphatic carbocycles. The van der Waals surface area contributed by atoms with Crippen LogP contribution in [0.4, 0.5) is 0 Å². The molecule has 0 heterocycles. The molecule has 0 aliphatic heterocycles. The summed E-state index contributed by atoms with van der Waals surface area (Å²) in [5.74, 6) is 0.132. The number of rotatable bonds is 6. The lowest BCUT2D eigenvalue weighted by atomic mass is 10.2. The zero-order valence-electron chi connectivity index (χ0n) is 10.2. The van der Waals surface area contributed by atoms with Gasteiger partial charge in [-0.15, -0.1) is 0 Å². The van der Waals surface area contributed by atoms with Gasteiger partial charge in [-0.25, -0.2) is 0 Å². The highest BCUT2D eigenvalue weighted by molar-refractivity contribution is 5.78. The Bertz CT molecular complexity index is 230. The molecular weight excluding hydrogens is 190 g/mol. The molecule has 0 spiro atoms. The van der Waals surface area contributed by atoms with E-state index in [0.717, 1.165) is 13.1 Å². The van der Waals surface area contributed by atoms with Crippen molar-refractivity contribution in [1.29, 1.82) is 5.26 Å². The molecule has 1 unspecified atom stereocenters. The van der Waals surface area contributed by atoms with Crippen LogP contribution in [0.15, 0.2) is 0 Å². The van der Waals surface area contributed by atoms with Crippen LogP contribution in [0.5, 0.6) is 0 Å². The molecule has 0 saturated carbocycles. The highest BCUT2D eigenvalue weighted by Crippen LogP contribution is 2.01. The molecule has 0 aromatic carbocycles. The Morgan fingerprint density at radius 3 is 2.33 bits per heavy atom. The lowest BCUT2D eigenvalue weighted by Gasteiger charge is -2.26. The van der Waals surface area contributed by atoms with E-state index in [2.05, 4.69) is 6.07 Å². The molecule has 0 radical (unpaired) electrons. The van der Waals surface area contributed by atoms with Crippen LogP contribution < -0.4 is 0 Å². The minimum absolute atomic E-state index is 0.132. The van der Waals surface area contributed by atoms with Crippen molar-refractivity contribution in [2.24, 2.45) is 0 Å². The van der Waals surface area contributed by atoms with E-state index in [0.29, 0.717) is 13.0 Å². The van der Waals surface area contributed by atoms with E-state index in [1.165, 1.54) is 0 Å². The molecule has 0 aromatic heterocycles. The van der Waals surface area contributed by atoms with Crippen molar-refractivity contribution in [3.05, 3.63) is 0 Å². The van der Waals surface area contributed by atoms with Crippen LogP contribution in [0, 0.1) is 11.3 Å². The summed E-state index contributed by atoms with van der Waals surface area (Å²) < 4.78 is 0. The zero-order chi connectivity index (χ0) is 11.8. The second-order valence-corrected chi connectivity index (χ2v) is 3.69. The summed E-state index contributed by atoms with van der Waals surface area (Å²) in [4.78, 5) is 15.4. The molecule has 1 atom stereocenters. The molecule has 1 amide bonds. The van der Waals surface area contributed by atoms with E-state index >= 15 is 0 Å². The van der Waals surface area contributed by atoms with Crippen molar-refractivity contribution in [3.63, 3.8) is 0 Å². The van der Waals surface area contributed by atoms with Crippen LogP contribution in [-0.2, 0) is 4.79 Å². The van der Waals surface area contributed by atoms with E-state index in [9.17, 15) is 4.79 Å². The molecule has 0 aromatic rings. The van der Waals surface area contributed by atoms with Crippen molar-refractivity contribution >= 4 is 5.91 Å². The van der Waals surface area contributed by atoms with Gasteiger partial charge in [-0.3, -0.25) is 9.69 Å². The summed E-state index contributed by atoms with van der Waals surface area (Å²) in [6.07, 6.45) is 0.460. The van der Waals surface area contributed by atoms with Crippen molar-refractivity contribution in [1.82, 2.24) is 9.80 Å². The minimum atomic E-state index is 0.132. The lowest BCUT2D eigenvalue weighted by molar-refractivity contribution is -0.132. The average molecular weight is 211 g/mol. The van der Waals surface area contributed by atoms with Gasteiger partial charge in [0.25, 0.3) is 0 Å². The van der Waals surface area contributed by atoms with Crippen LogP contribution in [0.1, 0.15) is 27.2 Å². The molecule has 0 saturated heterocycles. The number of hydrogen-bond acceptors (Lipinski definition) is 3. The maximum atomic E-state index is 11.7. The maximum absolute atomic E-state index is 11.7. The van der Waals surface area contributed by atoms with Crippen LogP contribution >= 0.6 is 0 Å². The lowest BCUT2D eigenvalue weighted by Crippen LogP contribution is -2.41. The topological polar surface area (TPSA) is 47.3 Å². The third-order valence-electron chi connectivity index (χ3n) is 2.64. The van der Waals surface area contributed by atoms with E-state index < -0.39 is 0 Å². The fraction of sp³-hybridized carbons (Fsp3) is 0.818. The largest absolute Gasteiger partial charge is 0.342 e. The number of hydrogen-bond donors (Lipinski definition) is 0. The highest BCUT2D eigenvalue weighted by atomic mass is 16.2. The van der Waals surface area contributed by atoms with E-state index in [4.69, 9.17) is 5.26 Å². The van der Waals surface area contributed by atoms with Gasteiger partial charge < -0.3 is 4.90 Å². The van der Waals surface area contributed by atoms with Gasteiger partial charge in [-0.1, -0.05) is 0 Å². The molecule has 4 heteroatoms. The Hall–Kier alpha value is -1.08. The van der Waals surface area contributed by atoms with Gasteiger partial charge in [-0.2, -0.15) is 5.26 Å². The first kappa shape index (κ1) is 13.9. The summed E-state index contributed by atoms with van der Waals surface area (Å²) in [5, 5.41) is 8.55. The maximum Gasteiger partial charge on any atom is 0.236 e. The predicted octanol–water partition coefficient (Wildman–Crippen LogP) is 1.09. The van der Waals surface area contributed by atoms with Crippen molar-refractivity contribution in [2.75, 3.05) is 26.7 Å². The third-order valence-corrected chi connectivity index (χ3v) is 2.64. The molecule has 0 rings (SSSR count). The fourth-order valence-corrected chi connectivity index (χ4v) is 1.33. The van der Waals surface area contributed by atoms with Gasteiger partial charge in [0.15, 0.2) is 0 Å². The molecule has 0 N–H and O–H groups in total. The summed E-state index contributed by atoms with van der Waals surface area (Å²) >= 11 is 0. The highest BCUT2D eigenvalue weighted by Gasteiger charge is 2.15. The second-order valence-electron chi connectivity index (χ2n) is 3.69. The van der Waals surface area contributed by atoms with Crippen LogP contribution in [-0.4, -0.2) is 48.4 Å². The Morgan fingerprint density at radius 1 is 1.40 bits per heavy atom. The number of carbonyl (C=O) groups is 1. The molecule has 0 fully saturated rings. The van der Waals surface area contributed by atoms with Gasteiger partial charge in [0.2, 0.25) is 5.91 Å². The van der Waals surface area contributed by atoms with Crippen LogP contribution in [0.3, 0.4) is 0 Å². The third kappa shape index (κ3) is 4.80. The summed E-state index contributed by atoms with van der Waals surface area (Å²) in [6.45, 7) is 7.79. The molecule has 15 heavy (non-hydrogen) atoms.